The Labute approximate surface area is 254 Å². The predicted octanol–water partition coefficient (Wildman–Crippen LogP) is 1.32. The minimum Gasteiger partial charge on any atom is -1.00 e. The van der Waals surface area contributed by atoms with Gasteiger partial charge in [-0.3, -0.25) is 9.59 Å². The van der Waals surface area contributed by atoms with Crippen LogP contribution in [-0.4, -0.2) is 61.1 Å². The maximum atomic E-state index is 13.7. The molecule has 0 aliphatic carbocycles. The van der Waals surface area contributed by atoms with Crippen molar-refractivity contribution in [1.29, 1.82) is 0 Å². The number of aromatic nitrogens is 2. The molecular formula is C28H33F3N3NaO5. The number of carboxylic acid groups (broad SMARTS) is 1. The summed E-state index contributed by atoms with van der Waals surface area (Å²) in [6, 6.07) is 8.90. The summed E-state index contributed by atoms with van der Waals surface area (Å²) in [5.74, 6) is -4.31. The summed E-state index contributed by atoms with van der Waals surface area (Å²) in [7, 11) is 1.51. The first kappa shape index (κ1) is 33.5. The van der Waals surface area contributed by atoms with Gasteiger partial charge in [-0.1, -0.05) is 19.9 Å². The van der Waals surface area contributed by atoms with E-state index < -0.39 is 48.0 Å². The van der Waals surface area contributed by atoms with E-state index in [2.05, 4.69) is 5.10 Å². The van der Waals surface area contributed by atoms with Gasteiger partial charge in [0.25, 0.3) is 5.91 Å². The zero-order valence-electron chi connectivity index (χ0n) is 23.9. The van der Waals surface area contributed by atoms with Crippen LogP contribution in [0.3, 0.4) is 0 Å². The van der Waals surface area contributed by atoms with E-state index in [9.17, 15) is 33.0 Å². The molecule has 1 heterocycles. The summed E-state index contributed by atoms with van der Waals surface area (Å²) in [5, 5.41) is 33.8. The average molecular weight is 572 g/mol. The van der Waals surface area contributed by atoms with Gasteiger partial charge in [0, 0.05) is 24.8 Å². The third kappa shape index (κ3) is 8.65. The predicted molar refractivity (Wildman–Crippen MR) is 138 cm³/mol. The van der Waals surface area contributed by atoms with E-state index >= 15 is 0 Å². The number of aliphatic hydroxyl groups is 2. The monoisotopic (exact) mass is 571 g/mol. The summed E-state index contributed by atoms with van der Waals surface area (Å²) < 4.78 is 42.2. The van der Waals surface area contributed by atoms with E-state index in [1.165, 1.54) is 47.0 Å². The Kier molecular flexibility index (Phi) is 12.4. The number of carbonyl (C=O) groups excluding carboxylic acids is 1. The third-order valence-electron chi connectivity index (χ3n) is 6.29. The van der Waals surface area contributed by atoms with Gasteiger partial charge in [-0.2, -0.15) is 5.10 Å². The molecule has 0 saturated heterocycles. The minimum atomic E-state index is -1.22. The van der Waals surface area contributed by atoms with Crippen molar-refractivity contribution in [3.8, 4) is 5.69 Å². The fourth-order valence-electron chi connectivity index (χ4n) is 4.45. The van der Waals surface area contributed by atoms with E-state index in [1.807, 2.05) is 13.8 Å². The average Bonchev–Trinajstić information content (AvgIpc) is 3.24. The van der Waals surface area contributed by atoms with Crippen LogP contribution in [0.5, 0.6) is 0 Å². The van der Waals surface area contributed by atoms with Crippen LogP contribution in [-0.2, 0) is 17.8 Å². The maximum absolute atomic E-state index is 13.7. The topological polar surface area (TPSA) is 116 Å². The number of aliphatic carboxylic acids is 1. The van der Waals surface area contributed by atoms with E-state index in [0.717, 1.165) is 12.1 Å². The molecule has 8 nitrogen and oxygen atoms in total. The van der Waals surface area contributed by atoms with Gasteiger partial charge >= 0.3 is 35.5 Å². The molecule has 0 spiro atoms. The minimum absolute atomic E-state index is 0. The first-order valence-corrected chi connectivity index (χ1v) is 12.5. The fourth-order valence-corrected chi connectivity index (χ4v) is 4.45. The van der Waals surface area contributed by atoms with Crippen molar-refractivity contribution in [2.45, 2.75) is 64.2 Å². The van der Waals surface area contributed by atoms with Crippen LogP contribution in [0.1, 0.15) is 67.8 Å². The Hall–Kier alpha value is -2.70. The molecule has 0 fully saturated rings. The van der Waals surface area contributed by atoms with Crippen molar-refractivity contribution < 1.29 is 69.1 Å². The van der Waals surface area contributed by atoms with Gasteiger partial charge in [-0.15, -0.1) is 0 Å². The Morgan fingerprint density at radius 3 is 2.25 bits per heavy atom. The number of carboxylic acids is 1. The molecule has 0 unspecified atom stereocenters. The number of nitrogens with zero attached hydrogens (tertiary/aromatic N) is 3. The molecule has 0 aliphatic rings. The Bertz CT molecular complexity index is 1320. The van der Waals surface area contributed by atoms with Crippen molar-refractivity contribution in [3.05, 3.63) is 82.4 Å². The van der Waals surface area contributed by atoms with E-state index in [1.54, 1.807) is 0 Å². The van der Waals surface area contributed by atoms with Gasteiger partial charge in [-0.25, -0.2) is 17.9 Å². The molecule has 12 heteroatoms. The van der Waals surface area contributed by atoms with Crippen LogP contribution in [0.25, 0.3) is 5.69 Å². The molecule has 1 aromatic heterocycles. The summed E-state index contributed by atoms with van der Waals surface area (Å²) in [6.45, 7) is 3.73. The first-order valence-electron chi connectivity index (χ1n) is 12.5. The van der Waals surface area contributed by atoms with E-state index in [-0.39, 0.29) is 68.4 Å². The molecule has 212 valence electrons. The molecule has 0 radical (unpaired) electrons. The van der Waals surface area contributed by atoms with Gasteiger partial charge in [0.2, 0.25) is 0 Å². The van der Waals surface area contributed by atoms with Gasteiger partial charge in [0.1, 0.15) is 5.82 Å². The number of halogens is 3. The van der Waals surface area contributed by atoms with Gasteiger partial charge in [0.15, 0.2) is 17.3 Å². The van der Waals surface area contributed by atoms with Crippen LogP contribution in [0.4, 0.5) is 13.2 Å². The number of benzene rings is 2. The fraction of sp³-hybridized carbons (Fsp3) is 0.393. The van der Waals surface area contributed by atoms with E-state index in [4.69, 9.17) is 5.11 Å². The largest absolute Gasteiger partial charge is 1.00 e. The summed E-state index contributed by atoms with van der Waals surface area (Å²) in [4.78, 5) is 25.7. The van der Waals surface area contributed by atoms with Crippen LogP contribution < -0.4 is 29.6 Å². The molecule has 3 aromatic rings. The zero-order chi connectivity index (χ0) is 28.9. The first-order chi connectivity index (χ1) is 18.4. The molecular weight excluding hydrogens is 538 g/mol. The Morgan fingerprint density at radius 1 is 1.02 bits per heavy atom. The van der Waals surface area contributed by atoms with E-state index in [0.29, 0.717) is 22.5 Å². The van der Waals surface area contributed by atoms with Gasteiger partial charge in [-0.05, 0) is 67.1 Å². The number of amides is 1. The van der Waals surface area contributed by atoms with Crippen molar-refractivity contribution >= 4 is 11.9 Å². The van der Waals surface area contributed by atoms with Crippen molar-refractivity contribution in [2.24, 2.45) is 0 Å². The standard InChI is InChI=1S/C28H32F3N3O5.Na.H/c1-16(2)26-24(11-9-20(35)13-21(36)14-25(37)38)34(19-7-5-18(29)6-8-19)32-27(26)28(39)33(3)15-17-4-10-22(30)23(31)12-17;;/h4-8,10,12,16,20-21,35-36H,9,11,13-15H2,1-3H3,(H,37,38);;/q;+1;-1/t20-,21-;;/m1../s1. The second-order valence-electron chi connectivity index (χ2n) is 9.84. The maximum Gasteiger partial charge on any atom is 1.00 e. The van der Waals surface area contributed by atoms with Gasteiger partial charge < -0.3 is 21.6 Å². The second-order valence-corrected chi connectivity index (χ2v) is 9.84. The summed E-state index contributed by atoms with van der Waals surface area (Å²) in [6.07, 6.45) is -2.51. The molecule has 0 aliphatic heterocycles. The SMILES string of the molecule is CC(C)c1c(C(=O)N(C)Cc2ccc(F)c(F)c2)nn(-c2ccc(F)cc2)c1CC[C@@H](O)C[C@@H](O)CC(=O)O.[H-].[Na+]. The summed E-state index contributed by atoms with van der Waals surface area (Å²) in [5.41, 5.74) is 2.18. The van der Waals surface area contributed by atoms with Crippen LogP contribution >= 0.6 is 0 Å². The molecule has 1 amide bonds. The molecule has 2 atom stereocenters. The molecule has 0 saturated carbocycles. The van der Waals surface area contributed by atoms with Crippen LogP contribution in [0.15, 0.2) is 42.5 Å². The Balaban J connectivity index is 0.00000420. The quantitative estimate of drug-likeness (QED) is 0.283. The van der Waals surface area contributed by atoms with Crippen LogP contribution in [0.2, 0.25) is 0 Å². The number of hydrogen-bond donors (Lipinski definition) is 3. The smallest absolute Gasteiger partial charge is 1.00 e. The number of rotatable bonds is 12. The number of aliphatic hydroxyl groups excluding tert-OH is 2. The molecule has 0 bridgehead atoms. The zero-order valence-corrected chi connectivity index (χ0v) is 24.9. The van der Waals surface area contributed by atoms with Crippen molar-refractivity contribution in [3.63, 3.8) is 0 Å². The van der Waals surface area contributed by atoms with Gasteiger partial charge in [0.05, 0.1) is 24.3 Å². The normalized spacial score (nSPS) is 12.6. The Morgan fingerprint density at radius 2 is 1.68 bits per heavy atom. The molecule has 3 N–H and O–H groups in total. The second kappa shape index (κ2) is 14.8. The molecule has 3 rings (SSSR count). The van der Waals surface area contributed by atoms with Crippen LogP contribution in [0, 0.1) is 17.5 Å². The molecule has 40 heavy (non-hydrogen) atoms. The summed E-state index contributed by atoms with van der Waals surface area (Å²) >= 11 is 0. The van der Waals surface area contributed by atoms with Crippen molar-refractivity contribution in [2.75, 3.05) is 7.05 Å². The number of hydrogen-bond acceptors (Lipinski definition) is 5. The molecule has 2 aromatic carbocycles. The number of carbonyl (C=O) groups is 2. The van der Waals surface area contributed by atoms with Crippen molar-refractivity contribution in [1.82, 2.24) is 14.7 Å². The third-order valence-corrected chi connectivity index (χ3v) is 6.29.